The predicted octanol–water partition coefficient (Wildman–Crippen LogP) is 1.60. The van der Waals surface area contributed by atoms with Crippen molar-refractivity contribution in [3.8, 4) is 5.69 Å². The van der Waals surface area contributed by atoms with Gasteiger partial charge in [0.15, 0.2) is 0 Å². The van der Waals surface area contributed by atoms with Crippen LogP contribution in [-0.2, 0) is 0 Å². The van der Waals surface area contributed by atoms with Crippen LogP contribution < -0.4 is 10.6 Å². The number of hydrogen-bond acceptors (Lipinski definition) is 3. The van der Waals surface area contributed by atoms with E-state index >= 15 is 0 Å². The zero-order chi connectivity index (χ0) is 14.2. The fourth-order valence-electron chi connectivity index (χ4n) is 1.86. The summed E-state index contributed by atoms with van der Waals surface area (Å²) in [5.41, 5.74) is 1.52. The van der Waals surface area contributed by atoms with Gasteiger partial charge in [0.2, 0.25) is 0 Å². The van der Waals surface area contributed by atoms with E-state index in [4.69, 9.17) is 0 Å². The molecule has 0 radical (unpaired) electrons. The molecule has 0 atom stereocenters. The summed E-state index contributed by atoms with van der Waals surface area (Å²) in [6, 6.07) is 9.73. The maximum Gasteiger partial charge on any atom is 0.254 e. The molecule has 1 amide bonds. The van der Waals surface area contributed by atoms with Gasteiger partial charge in [0.25, 0.3) is 5.91 Å². The smallest absolute Gasteiger partial charge is 0.254 e. The zero-order valence-corrected chi connectivity index (χ0v) is 11.7. The number of carbonyl (C=O) groups is 1. The minimum Gasteiger partial charge on any atom is -0.352 e. The summed E-state index contributed by atoms with van der Waals surface area (Å²) in [6.45, 7) is 4.61. The number of nitrogens with zero attached hydrogens (tertiary/aromatic N) is 2. The Labute approximate surface area is 119 Å². The quantitative estimate of drug-likeness (QED) is 0.753. The Hall–Kier alpha value is -2.14. The van der Waals surface area contributed by atoms with Crippen LogP contribution in [0.15, 0.2) is 42.7 Å². The summed E-state index contributed by atoms with van der Waals surface area (Å²) in [5, 5.41) is 10.3. The third kappa shape index (κ3) is 3.93. The molecule has 0 aliphatic rings. The van der Waals surface area contributed by atoms with Crippen LogP contribution in [0.3, 0.4) is 0 Å². The molecule has 1 aromatic heterocycles. The van der Waals surface area contributed by atoms with E-state index in [-0.39, 0.29) is 5.91 Å². The highest BCUT2D eigenvalue weighted by atomic mass is 16.1. The van der Waals surface area contributed by atoms with Gasteiger partial charge >= 0.3 is 0 Å². The van der Waals surface area contributed by atoms with Gasteiger partial charge in [-0.1, -0.05) is 25.1 Å². The van der Waals surface area contributed by atoms with Gasteiger partial charge in [-0.2, -0.15) is 5.10 Å². The monoisotopic (exact) mass is 272 g/mol. The molecule has 0 unspecified atom stereocenters. The summed E-state index contributed by atoms with van der Waals surface area (Å²) >= 11 is 0. The van der Waals surface area contributed by atoms with Crippen LogP contribution in [-0.4, -0.2) is 35.3 Å². The first-order valence-electron chi connectivity index (χ1n) is 6.90. The van der Waals surface area contributed by atoms with E-state index in [1.807, 2.05) is 30.3 Å². The van der Waals surface area contributed by atoms with Gasteiger partial charge in [-0.25, -0.2) is 4.68 Å². The molecule has 0 bridgehead atoms. The van der Waals surface area contributed by atoms with Crippen molar-refractivity contribution in [3.63, 3.8) is 0 Å². The minimum absolute atomic E-state index is 0.0799. The molecule has 20 heavy (non-hydrogen) atoms. The van der Waals surface area contributed by atoms with Crippen LogP contribution in [0, 0.1) is 0 Å². The van der Waals surface area contributed by atoms with Crippen LogP contribution in [0.5, 0.6) is 0 Å². The number of amides is 1. The Morgan fingerprint density at radius 1 is 1.25 bits per heavy atom. The van der Waals surface area contributed by atoms with Crippen LogP contribution in [0.2, 0.25) is 0 Å². The summed E-state index contributed by atoms with van der Waals surface area (Å²) in [6.07, 6.45) is 4.26. The number of hydrogen-bond donors (Lipinski definition) is 2. The topological polar surface area (TPSA) is 58.9 Å². The van der Waals surface area contributed by atoms with Crippen molar-refractivity contribution in [2.45, 2.75) is 13.3 Å². The Bertz CT molecular complexity index is 536. The summed E-state index contributed by atoms with van der Waals surface area (Å²) in [7, 11) is 0. The van der Waals surface area contributed by atoms with Crippen molar-refractivity contribution in [2.24, 2.45) is 0 Å². The van der Waals surface area contributed by atoms with Crippen molar-refractivity contribution < 1.29 is 4.79 Å². The summed E-state index contributed by atoms with van der Waals surface area (Å²) in [5.74, 6) is -0.0799. The zero-order valence-electron chi connectivity index (χ0n) is 11.7. The molecule has 5 nitrogen and oxygen atoms in total. The predicted molar refractivity (Wildman–Crippen MR) is 79.1 cm³/mol. The molecule has 0 spiro atoms. The lowest BCUT2D eigenvalue weighted by Crippen LogP contribution is -2.27. The lowest BCUT2D eigenvalue weighted by Gasteiger charge is -2.03. The molecule has 1 heterocycles. The first kappa shape index (κ1) is 14.3. The molecule has 0 aliphatic heterocycles. The molecule has 0 fully saturated rings. The van der Waals surface area contributed by atoms with Gasteiger partial charge in [-0.05, 0) is 31.6 Å². The Balaban J connectivity index is 1.87. The van der Waals surface area contributed by atoms with Gasteiger partial charge in [-0.3, -0.25) is 4.79 Å². The normalized spacial score (nSPS) is 10.4. The van der Waals surface area contributed by atoms with E-state index in [2.05, 4.69) is 22.7 Å². The second-order valence-corrected chi connectivity index (χ2v) is 4.47. The van der Waals surface area contributed by atoms with Crippen molar-refractivity contribution >= 4 is 5.91 Å². The number of benzene rings is 1. The second kappa shape index (κ2) is 7.45. The maximum absolute atomic E-state index is 11.9. The summed E-state index contributed by atoms with van der Waals surface area (Å²) in [4.78, 5) is 11.9. The number of para-hydroxylation sites is 1. The van der Waals surface area contributed by atoms with Gasteiger partial charge in [-0.15, -0.1) is 0 Å². The molecular formula is C15H20N4O. The van der Waals surface area contributed by atoms with Crippen LogP contribution in [0.4, 0.5) is 0 Å². The van der Waals surface area contributed by atoms with Crippen molar-refractivity contribution in [1.82, 2.24) is 20.4 Å². The van der Waals surface area contributed by atoms with Crippen LogP contribution in [0.1, 0.15) is 23.7 Å². The van der Waals surface area contributed by atoms with Crippen molar-refractivity contribution in [3.05, 3.63) is 48.3 Å². The molecule has 0 saturated heterocycles. The second-order valence-electron chi connectivity index (χ2n) is 4.47. The number of aromatic nitrogens is 2. The highest BCUT2D eigenvalue weighted by Gasteiger charge is 2.08. The van der Waals surface area contributed by atoms with E-state index in [0.29, 0.717) is 12.1 Å². The molecule has 0 saturated carbocycles. The first-order chi connectivity index (χ1) is 9.81. The molecule has 2 aromatic rings. The number of nitrogens with one attached hydrogen (secondary N) is 2. The Kier molecular flexibility index (Phi) is 5.32. The van der Waals surface area contributed by atoms with Crippen molar-refractivity contribution in [1.29, 1.82) is 0 Å². The lowest BCUT2D eigenvalue weighted by atomic mass is 10.3. The van der Waals surface area contributed by atoms with Gasteiger partial charge in [0, 0.05) is 12.7 Å². The fraction of sp³-hybridized carbons (Fsp3) is 0.333. The van der Waals surface area contributed by atoms with Gasteiger partial charge in [0.05, 0.1) is 17.4 Å². The third-order valence-electron chi connectivity index (χ3n) is 2.93. The number of rotatable bonds is 7. The third-order valence-corrected chi connectivity index (χ3v) is 2.93. The molecule has 5 heteroatoms. The van der Waals surface area contributed by atoms with Crippen LogP contribution >= 0.6 is 0 Å². The maximum atomic E-state index is 11.9. The minimum atomic E-state index is -0.0799. The SMILES string of the molecule is CCNCCCNC(=O)c1cnn(-c2ccccc2)c1. The standard InChI is InChI=1S/C15H20N4O/c1-2-16-9-6-10-17-15(20)13-11-18-19(12-13)14-7-4-3-5-8-14/h3-5,7-8,11-12,16H,2,6,9-10H2,1H3,(H,17,20). The van der Waals surface area contributed by atoms with E-state index < -0.39 is 0 Å². The van der Waals surface area contributed by atoms with Gasteiger partial charge < -0.3 is 10.6 Å². The molecule has 106 valence electrons. The van der Waals surface area contributed by atoms with E-state index in [1.165, 1.54) is 0 Å². The Morgan fingerprint density at radius 2 is 2.05 bits per heavy atom. The number of carbonyl (C=O) groups excluding carboxylic acids is 1. The van der Waals surface area contributed by atoms with E-state index in [9.17, 15) is 4.79 Å². The molecular weight excluding hydrogens is 252 g/mol. The fourth-order valence-corrected chi connectivity index (χ4v) is 1.86. The molecule has 0 aliphatic carbocycles. The Morgan fingerprint density at radius 3 is 2.80 bits per heavy atom. The molecule has 2 N–H and O–H groups in total. The highest BCUT2D eigenvalue weighted by molar-refractivity contribution is 5.93. The molecule has 2 rings (SSSR count). The van der Waals surface area contributed by atoms with Crippen LogP contribution in [0.25, 0.3) is 5.69 Å². The summed E-state index contributed by atoms with van der Waals surface area (Å²) < 4.78 is 1.70. The van der Waals surface area contributed by atoms with Crippen molar-refractivity contribution in [2.75, 3.05) is 19.6 Å². The average molecular weight is 272 g/mol. The lowest BCUT2D eigenvalue weighted by molar-refractivity contribution is 0.0953. The first-order valence-corrected chi connectivity index (χ1v) is 6.90. The highest BCUT2D eigenvalue weighted by Crippen LogP contribution is 2.07. The van der Waals surface area contributed by atoms with E-state index in [1.54, 1.807) is 17.1 Å². The molecule has 1 aromatic carbocycles. The largest absolute Gasteiger partial charge is 0.352 e. The van der Waals surface area contributed by atoms with E-state index in [0.717, 1.165) is 25.2 Å². The average Bonchev–Trinajstić information content (AvgIpc) is 2.98. The van der Waals surface area contributed by atoms with Gasteiger partial charge in [0.1, 0.15) is 0 Å².